The molecular formula is C19H20F2N2O5. The minimum atomic E-state index is -0.952. The summed E-state index contributed by atoms with van der Waals surface area (Å²) in [6.07, 6.45) is 2.99. The molecule has 3 amide bonds. The van der Waals surface area contributed by atoms with Crippen molar-refractivity contribution in [3.63, 3.8) is 0 Å². The van der Waals surface area contributed by atoms with Crippen LogP contribution < -0.4 is 5.32 Å². The molecule has 0 unspecified atom stereocenters. The van der Waals surface area contributed by atoms with Gasteiger partial charge in [0.15, 0.2) is 6.61 Å². The van der Waals surface area contributed by atoms with E-state index >= 15 is 0 Å². The minimum Gasteiger partial charge on any atom is -0.456 e. The summed E-state index contributed by atoms with van der Waals surface area (Å²) in [6.45, 7) is -0.750. The fourth-order valence-electron chi connectivity index (χ4n) is 3.65. The first kappa shape index (κ1) is 19.9. The number of esters is 1. The van der Waals surface area contributed by atoms with Crippen LogP contribution in [0.5, 0.6) is 0 Å². The molecule has 9 heteroatoms. The van der Waals surface area contributed by atoms with E-state index in [1.165, 1.54) is 0 Å². The molecule has 0 bridgehead atoms. The average molecular weight is 394 g/mol. The molecule has 1 saturated carbocycles. The Morgan fingerprint density at radius 3 is 2.36 bits per heavy atom. The van der Waals surface area contributed by atoms with Gasteiger partial charge >= 0.3 is 5.97 Å². The van der Waals surface area contributed by atoms with Crippen molar-refractivity contribution in [2.45, 2.75) is 32.1 Å². The fourth-order valence-corrected chi connectivity index (χ4v) is 3.65. The molecule has 7 nitrogen and oxygen atoms in total. The number of likely N-dealkylation sites (tertiary alicyclic amines) is 1. The molecule has 1 aliphatic carbocycles. The molecule has 1 N–H and O–H groups in total. The first-order chi connectivity index (χ1) is 13.4. The van der Waals surface area contributed by atoms with E-state index in [0.29, 0.717) is 18.9 Å². The average Bonchev–Trinajstić information content (AvgIpc) is 2.91. The summed E-state index contributed by atoms with van der Waals surface area (Å²) < 4.78 is 31.1. The second-order valence-corrected chi connectivity index (χ2v) is 6.91. The molecular weight excluding hydrogens is 374 g/mol. The van der Waals surface area contributed by atoms with E-state index in [-0.39, 0.29) is 42.3 Å². The number of anilines is 1. The molecule has 1 aromatic carbocycles. The van der Waals surface area contributed by atoms with Crippen LogP contribution in [-0.4, -0.2) is 41.7 Å². The summed E-state index contributed by atoms with van der Waals surface area (Å²) in [5.41, 5.74) is -0.238. The molecule has 2 fully saturated rings. The largest absolute Gasteiger partial charge is 0.456 e. The van der Waals surface area contributed by atoms with E-state index < -0.39 is 30.1 Å². The number of benzene rings is 1. The lowest BCUT2D eigenvalue weighted by atomic mass is 9.81. The summed E-state index contributed by atoms with van der Waals surface area (Å²) in [4.78, 5) is 49.3. The number of hydrogen-bond donors (Lipinski definition) is 1. The van der Waals surface area contributed by atoms with Crippen LogP contribution in [0, 0.1) is 23.5 Å². The van der Waals surface area contributed by atoms with Gasteiger partial charge in [-0.2, -0.15) is 0 Å². The van der Waals surface area contributed by atoms with Gasteiger partial charge in [-0.15, -0.1) is 0 Å². The Morgan fingerprint density at radius 1 is 1.11 bits per heavy atom. The van der Waals surface area contributed by atoms with Crippen molar-refractivity contribution in [2.75, 3.05) is 18.5 Å². The van der Waals surface area contributed by atoms with Gasteiger partial charge in [0, 0.05) is 12.6 Å². The Balaban J connectivity index is 1.44. The zero-order chi connectivity index (χ0) is 20.3. The number of ether oxygens (including phenoxy) is 1. The molecule has 1 aromatic rings. The van der Waals surface area contributed by atoms with E-state index in [1.54, 1.807) is 0 Å². The maximum Gasteiger partial charge on any atom is 0.308 e. The van der Waals surface area contributed by atoms with Gasteiger partial charge < -0.3 is 10.1 Å². The first-order valence-corrected chi connectivity index (χ1v) is 9.12. The van der Waals surface area contributed by atoms with Crippen molar-refractivity contribution in [1.29, 1.82) is 0 Å². The summed E-state index contributed by atoms with van der Waals surface area (Å²) >= 11 is 0. The maximum atomic E-state index is 13.5. The summed E-state index contributed by atoms with van der Waals surface area (Å²) in [6, 6.07) is 2.64. The van der Waals surface area contributed by atoms with E-state index in [1.807, 2.05) is 0 Å². The molecule has 0 aromatic heterocycles. The molecule has 1 aliphatic heterocycles. The number of carbonyl (C=O) groups is 4. The van der Waals surface area contributed by atoms with Crippen molar-refractivity contribution in [3.8, 4) is 0 Å². The standard InChI is InChI=1S/C19H20F2N2O5/c20-11-5-6-15(14(21)9-11)22-16(24)10-28-17(25)7-8-23-18(26)12-3-1-2-4-13(12)19(23)27/h5-6,9,12-13H,1-4,7-8,10H2,(H,22,24)/t12-,13-/m0/s1. The van der Waals surface area contributed by atoms with Crippen molar-refractivity contribution in [1.82, 2.24) is 4.90 Å². The molecule has 2 aliphatic rings. The van der Waals surface area contributed by atoms with Crippen molar-refractivity contribution < 1.29 is 32.7 Å². The lowest BCUT2D eigenvalue weighted by Gasteiger charge is -2.19. The third kappa shape index (κ3) is 4.35. The normalized spacial score (nSPS) is 21.4. The number of rotatable bonds is 6. The van der Waals surface area contributed by atoms with Gasteiger partial charge in [0.2, 0.25) is 11.8 Å². The Labute approximate surface area is 160 Å². The highest BCUT2D eigenvalue weighted by Crippen LogP contribution is 2.37. The zero-order valence-electron chi connectivity index (χ0n) is 15.1. The zero-order valence-corrected chi connectivity index (χ0v) is 15.1. The van der Waals surface area contributed by atoms with Crippen LogP contribution in [-0.2, 0) is 23.9 Å². The topological polar surface area (TPSA) is 92.8 Å². The smallest absolute Gasteiger partial charge is 0.308 e. The van der Waals surface area contributed by atoms with Crippen LogP contribution in [0.15, 0.2) is 18.2 Å². The number of hydrogen-bond acceptors (Lipinski definition) is 5. The Bertz CT molecular complexity index is 790. The molecule has 0 radical (unpaired) electrons. The van der Waals surface area contributed by atoms with E-state index in [0.717, 1.165) is 29.9 Å². The van der Waals surface area contributed by atoms with Gasteiger partial charge in [-0.3, -0.25) is 24.1 Å². The molecule has 2 atom stereocenters. The highest BCUT2D eigenvalue weighted by molar-refractivity contribution is 6.05. The number of nitrogens with zero attached hydrogens (tertiary/aromatic N) is 1. The maximum absolute atomic E-state index is 13.5. The lowest BCUT2D eigenvalue weighted by Crippen LogP contribution is -2.33. The number of nitrogens with one attached hydrogen (secondary N) is 1. The van der Waals surface area contributed by atoms with Gasteiger partial charge in [-0.25, -0.2) is 8.78 Å². The lowest BCUT2D eigenvalue weighted by molar-refractivity contribution is -0.148. The Morgan fingerprint density at radius 2 is 1.75 bits per heavy atom. The van der Waals surface area contributed by atoms with Crippen LogP contribution in [0.2, 0.25) is 0 Å². The quantitative estimate of drug-likeness (QED) is 0.589. The molecule has 28 heavy (non-hydrogen) atoms. The highest BCUT2D eigenvalue weighted by atomic mass is 19.1. The minimum absolute atomic E-state index is 0.0856. The second kappa shape index (κ2) is 8.45. The fraction of sp³-hybridized carbons (Fsp3) is 0.474. The molecule has 1 heterocycles. The van der Waals surface area contributed by atoms with Gasteiger partial charge in [-0.05, 0) is 25.0 Å². The highest BCUT2D eigenvalue weighted by Gasteiger charge is 2.47. The third-order valence-electron chi connectivity index (χ3n) is 5.04. The van der Waals surface area contributed by atoms with Crippen LogP contribution >= 0.6 is 0 Å². The van der Waals surface area contributed by atoms with Crippen LogP contribution in [0.1, 0.15) is 32.1 Å². The van der Waals surface area contributed by atoms with Crippen molar-refractivity contribution in [3.05, 3.63) is 29.8 Å². The Hall–Kier alpha value is -2.84. The predicted molar refractivity (Wildman–Crippen MR) is 92.7 cm³/mol. The summed E-state index contributed by atoms with van der Waals surface area (Å²) in [5, 5.41) is 2.16. The van der Waals surface area contributed by atoms with Crippen LogP contribution in [0.3, 0.4) is 0 Å². The number of halogens is 2. The van der Waals surface area contributed by atoms with Gasteiger partial charge in [0.25, 0.3) is 5.91 Å². The SMILES string of the molecule is O=C(COC(=O)CCN1C(=O)[C@H]2CCCC[C@@H]2C1=O)Nc1ccc(F)cc1F. The predicted octanol–water partition coefficient (Wildman–Crippen LogP) is 2.01. The van der Waals surface area contributed by atoms with E-state index in [2.05, 4.69) is 5.32 Å². The number of carbonyl (C=O) groups excluding carboxylic acids is 4. The molecule has 3 rings (SSSR count). The van der Waals surface area contributed by atoms with E-state index in [9.17, 15) is 28.0 Å². The first-order valence-electron chi connectivity index (χ1n) is 9.12. The summed E-state index contributed by atoms with van der Waals surface area (Å²) in [7, 11) is 0. The van der Waals surface area contributed by atoms with Crippen LogP contribution in [0.4, 0.5) is 14.5 Å². The monoisotopic (exact) mass is 394 g/mol. The van der Waals surface area contributed by atoms with Crippen LogP contribution in [0.25, 0.3) is 0 Å². The van der Waals surface area contributed by atoms with Crippen molar-refractivity contribution >= 4 is 29.4 Å². The third-order valence-corrected chi connectivity index (χ3v) is 5.04. The van der Waals surface area contributed by atoms with Gasteiger partial charge in [0.1, 0.15) is 11.6 Å². The number of imide groups is 1. The van der Waals surface area contributed by atoms with Crippen molar-refractivity contribution in [2.24, 2.45) is 11.8 Å². The summed E-state index contributed by atoms with van der Waals surface area (Å²) in [5.74, 6) is -4.34. The molecule has 0 spiro atoms. The molecule has 1 saturated heterocycles. The number of fused-ring (bicyclic) bond motifs is 1. The van der Waals surface area contributed by atoms with Gasteiger partial charge in [0.05, 0.1) is 23.9 Å². The van der Waals surface area contributed by atoms with E-state index in [4.69, 9.17) is 4.74 Å². The molecule has 150 valence electrons. The number of amides is 3. The van der Waals surface area contributed by atoms with Gasteiger partial charge in [-0.1, -0.05) is 12.8 Å². The second-order valence-electron chi connectivity index (χ2n) is 6.91. The Kier molecular flexibility index (Phi) is 6.01.